The van der Waals surface area contributed by atoms with Gasteiger partial charge in [0.05, 0.1) is 0 Å². The smallest absolute Gasteiger partial charge is 0.0408 e. The molecule has 0 aromatic heterocycles. The summed E-state index contributed by atoms with van der Waals surface area (Å²) in [5.74, 6) is 0. The third-order valence-corrected chi connectivity index (χ3v) is 3.62. The van der Waals surface area contributed by atoms with Gasteiger partial charge in [0.15, 0.2) is 0 Å². The van der Waals surface area contributed by atoms with Gasteiger partial charge in [0, 0.05) is 17.0 Å². The average Bonchev–Trinajstić information content (AvgIpc) is 2.30. The van der Waals surface area contributed by atoms with Crippen LogP contribution in [0.15, 0.2) is 24.3 Å². The summed E-state index contributed by atoms with van der Waals surface area (Å²) in [6, 6.07) is 8.12. The van der Waals surface area contributed by atoms with E-state index in [4.69, 9.17) is 17.3 Å². The molecule has 3 heteroatoms. The van der Waals surface area contributed by atoms with Crippen LogP contribution in [0, 0.1) is 0 Å². The first-order valence-electron chi connectivity index (χ1n) is 5.44. The first-order chi connectivity index (χ1) is 7.27. The molecule has 0 unspecified atom stereocenters. The Morgan fingerprint density at radius 3 is 2.67 bits per heavy atom. The summed E-state index contributed by atoms with van der Waals surface area (Å²) in [7, 11) is 0. The summed E-state index contributed by atoms with van der Waals surface area (Å²) >= 11 is 6.03. The van der Waals surface area contributed by atoms with E-state index in [0.29, 0.717) is 6.54 Å². The average molecular weight is 225 g/mol. The molecule has 0 atom stereocenters. The van der Waals surface area contributed by atoms with Crippen molar-refractivity contribution in [1.82, 2.24) is 5.32 Å². The zero-order valence-electron chi connectivity index (χ0n) is 8.80. The van der Waals surface area contributed by atoms with E-state index in [0.717, 1.165) is 31.0 Å². The molecule has 82 valence electrons. The Hall–Kier alpha value is -0.570. The zero-order chi connectivity index (χ0) is 10.7. The topological polar surface area (TPSA) is 38.0 Å². The molecule has 0 aliphatic carbocycles. The number of hydrogen-bond acceptors (Lipinski definition) is 2. The minimum Gasteiger partial charge on any atom is -0.330 e. The van der Waals surface area contributed by atoms with Crippen molar-refractivity contribution >= 4 is 11.6 Å². The number of rotatable bonds is 2. The molecule has 1 aromatic rings. The van der Waals surface area contributed by atoms with Crippen molar-refractivity contribution in [3.8, 4) is 0 Å². The Balaban J connectivity index is 2.32. The molecule has 1 aromatic carbocycles. The summed E-state index contributed by atoms with van der Waals surface area (Å²) in [6.45, 7) is 2.79. The van der Waals surface area contributed by atoms with Crippen LogP contribution in [-0.4, -0.2) is 19.6 Å². The van der Waals surface area contributed by atoms with Crippen LogP contribution in [0.4, 0.5) is 0 Å². The molecule has 0 radical (unpaired) electrons. The fraction of sp³-hybridized carbons (Fsp3) is 0.500. The number of nitrogens with two attached hydrogens (primary N) is 1. The van der Waals surface area contributed by atoms with Crippen LogP contribution in [0.3, 0.4) is 0 Å². The number of halogens is 1. The lowest BCUT2D eigenvalue weighted by Crippen LogP contribution is -2.44. The molecule has 0 saturated carbocycles. The minimum atomic E-state index is 0.135. The molecule has 0 bridgehead atoms. The van der Waals surface area contributed by atoms with Crippen LogP contribution in [0.1, 0.15) is 18.4 Å². The fourth-order valence-electron chi connectivity index (χ4n) is 2.33. The first-order valence-corrected chi connectivity index (χ1v) is 5.81. The fourth-order valence-corrected chi connectivity index (χ4v) is 2.52. The van der Waals surface area contributed by atoms with Gasteiger partial charge >= 0.3 is 0 Å². The maximum absolute atomic E-state index is 6.03. The third kappa shape index (κ3) is 2.17. The lowest BCUT2D eigenvalue weighted by Gasteiger charge is -2.37. The van der Waals surface area contributed by atoms with Crippen molar-refractivity contribution in [3.05, 3.63) is 34.9 Å². The molecule has 1 aliphatic rings. The van der Waals surface area contributed by atoms with Crippen LogP contribution in [0.2, 0.25) is 5.02 Å². The van der Waals surface area contributed by atoms with Crippen LogP contribution in [0.25, 0.3) is 0 Å². The number of hydrogen-bond donors (Lipinski definition) is 2. The minimum absolute atomic E-state index is 0.135. The first kappa shape index (κ1) is 10.9. The standard InChI is InChI=1S/C12H17ClN2/c13-11-3-1-2-10(8-11)12(9-14)4-6-15-7-5-12/h1-3,8,15H,4-7,9,14H2. The van der Waals surface area contributed by atoms with Gasteiger partial charge in [0.1, 0.15) is 0 Å². The van der Waals surface area contributed by atoms with E-state index in [2.05, 4.69) is 17.4 Å². The van der Waals surface area contributed by atoms with E-state index >= 15 is 0 Å². The van der Waals surface area contributed by atoms with Gasteiger partial charge < -0.3 is 11.1 Å². The monoisotopic (exact) mass is 224 g/mol. The lowest BCUT2D eigenvalue weighted by atomic mass is 9.73. The maximum atomic E-state index is 6.03. The van der Waals surface area contributed by atoms with E-state index in [-0.39, 0.29) is 5.41 Å². The van der Waals surface area contributed by atoms with Crippen molar-refractivity contribution in [1.29, 1.82) is 0 Å². The molecular weight excluding hydrogens is 208 g/mol. The van der Waals surface area contributed by atoms with Crippen molar-refractivity contribution in [2.75, 3.05) is 19.6 Å². The van der Waals surface area contributed by atoms with E-state index in [1.807, 2.05) is 12.1 Å². The van der Waals surface area contributed by atoms with Gasteiger partial charge in [-0.2, -0.15) is 0 Å². The maximum Gasteiger partial charge on any atom is 0.0408 e. The third-order valence-electron chi connectivity index (χ3n) is 3.39. The quantitative estimate of drug-likeness (QED) is 0.806. The second kappa shape index (κ2) is 4.52. The normalized spacial score (nSPS) is 20.1. The summed E-state index contributed by atoms with van der Waals surface area (Å²) < 4.78 is 0. The molecule has 1 aliphatic heterocycles. The van der Waals surface area contributed by atoms with Crippen molar-refractivity contribution in [2.24, 2.45) is 5.73 Å². The van der Waals surface area contributed by atoms with Gasteiger partial charge in [-0.3, -0.25) is 0 Å². The van der Waals surface area contributed by atoms with Crippen molar-refractivity contribution in [2.45, 2.75) is 18.3 Å². The van der Waals surface area contributed by atoms with Gasteiger partial charge in [-0.25, -0.2) is 0 Å². The summed E-state index contributed by atoms with van der Waals surface area (Å²) in [4.78, 5) is 0. The molecule has 2 rings (SSSR count). The molecule has 0 amide bonds. The van der Waals surface area contributed by atoms with Gasteiger partial charge in [0.25, 0.3) is 0 Å². The predicted octanol–water partition coefficient (Wildman–Crippen LogP) is 1.92. The molecule has 2 nitrogen and oxygen atoms in total. The van der Waals surface area contributed by atoms with Gasteiger partial charge in [-0.15, -0.1) is 0 Å². The lowest BCUT2D eigenvalue weighted by molar-refractivity contribution is 0.315. The largest absolute Gasteiger partial charge is 0.330 e. The molecular formula is C12H17ClN2. The Morgan fingerprint density at radius 2 is 2.07 bits per heavy atom. The van der Waals surface area contributed by atoms with E-state index < -0.39 is 0 Å². The number of nitrogens with one attached hydrogen (secondary N) is 1. The highest BCUT2D eigenvalue weighted by Crippen LogP contribution is 2.33. The molecule has 15 heavy (non-hydrogen) atoms. The van der Waals surface area contributed by atoms with Crippen molar-refractivity contribution in [3.63, 3.8) is 0 Å². The van der Waals surface area contributed by atoms with Gasteiger partial charge in [0.2, 0.25) is 0 Å². The van der Waals surface area contributed by atoms with Gasteiger partial charge in [-0.1, -0.05) is 23.7 Å². The Bertz CT molecular complexity index is 332. The SMILES string of the molecule is NCC1(c2cccc(Cl)c2)CCNCC1. The highest BCUT2D eigenvalue weighted by molar-refractivity contribution is 6.30. The predicted molar refractivity (Wildman–Crippen MR) is 64.3 cm³/mol. The van der Waals surface area contributed by atoms with Crippen LogP contribution in [-0.2, 0) is 5.41 Å². The van der Waals surface area contributed by atoms with Crippen LogP contribution >= 0.6 is 11.6 Å². The Kier molecular flexibility index (Phi) is 3.29. The van der Waals surface area contributed by atoms with E-state index in [9.17, 15) is 0 Å². The van der Waals surface area contributed by atoms with Gasteiger partial charge in [-0.05, 0) is 43.6 Å². The Morgan fingerprint density at radius 1 is 1.33 bits per heavy atom. The molecule has 1 heterocycles. The molecule has 0 spiro atoms. The summed E-state index contributed by atoms with van der Waals surface area (Å²) in [5.41, 5.74) is 7.38. The van der Waals surface area contributed by atoms with Crippen LogP contribution in [0.5, 0.6) is 0 Å². The zero-order valence-corrected chi connectivity index (χ0v) is 9.56. The highest BCUT2D eigenvalue weighted by Gasteiger charge is 2.32. The highest BCUT2D eigenvalue weighted by atomic mass is 35.5. The number of benzene rings is 1. The van der Waals surface area contributed by atoms with E-state index in [1.54, 1.807) is 0 Å². The molecule has 3 N–H and O–H groups in total. The Labute approximate surface area is 95.8 Å². The molecule has 1 saturated heterocycles. The molecule has 1 fully saturated rings. The second-order valence-electron chi connectivity index (χ2n) is 4.24. The number of piperidine rings is 1. The second-order valence-corrected chi connectivity index (χ2v) is 4.68. The van der Waals surface area contributed by atoms with Crippen molar-refractivity contribution < 1.29 is 0 Å². The van der Waals surface area contributed by atoms with Crippen LogP contribution < -0.4 is 11.1 Å². The van der Waals surface area contributed by atoms with E-state index in [1.165, 1.54) is 5.56 Å². The summed E-state index contributed by atoms with van der Waals surface area (Å²) in [5, 5.41) is 4.17. The summed E-state index contributed by atoms with van der Waals surface area (Å²) in [6.07, 6.45) is 2.20.